The van der Waals surface area contributed by atoms with E-state index in [0.29, 0.717) is 32.5 Å². The fourth-order valence-corrected chi connectivity index (χ4v) is 3.67. The van der Waals surface area contributed by atoms with E-state index in [1.807, 2.05) is 4.90 Å². The molecule has 6 heteroatoms. The number of amides is 1. The highest BCUT2D eigenvalue weighted by molar-refractivity contribution is 5.78. The van der Waals surface area contributed by atoms with Crippen LogP contribution in [0.2, 0.25) is 0 Å². The number of carbonyl (C=O) groups excluding carboxylic acids is 1. The van der Waals surface area contributed by atoms with Crippen molar-refractivity contribution in [2.75, 3.05) is 50.7 Å². The van der Waals surface area contributed by atoms with Gasteiger partial charge in [-0.1, -0.05) is 12.1 Å². The molecule has 0 unspecified atom stereocenters. The molecule has 2 fully saturated rings. The molecule has 2 aliphatic heterocycles. The zero-order valence-corrected chi connectivity index (χ0v) is 14.9. The number of piperidine rings is 1. The summed E-state index contributed by atoms with van der Waals surface area (Å²) in [5.41, 5.74) is 2.48. The number of benzene rings is 1. The van der Waals surface area contributed by atoms with E-state index in [4.69, 9.17) is 5.11 Å². The van der Waals surface area contributed by atoms with Gasteiger partial charge in [-0.15, -0.1) is 0 Å². The molecule has 2 heterocycles. The number of carboxylic acid groups (broad SMARTS) is 1. The van der Waals surface area contributed by atoms with Crippen LogP contribution in [0.4, 0.5) is 5.69 Å². The summed E-state index contributed by atoms with van der Waals surface area (Å²) in [4.78, 5) is 29.9. The lowest BCUT2D eigenvalue weighted by Gasteiger charge is -2.38. The second-order valence-electron chi connectivity index (χ2n) is 7.10. The van der Waals surface area contributed by atoms with Crippen molar-refractivity contribution in [3.8, 4) is 0 Å². The fraction of sp³-hybridized carbons (Fsp3) is 0.579. The number of piperazine rings is 1. The van der Waals surface area contributed by atoms with Gasteiger partial charge in [0.1, 0.15) is 0 Å². The van der Waals surface area contributed by atoms with Crippen LogP contribution < -0.4 is 4.90 Å². The lowest BCUT2D eigenvalue weighted by atomic mass is 9.97. The van der Waals surface area contributed by atoms with Crippen LogP contribution in [0.3, 0.4) is 0 Å². The predicted molar refractivity (Wildman–Crippen MR) is 96.8 cm³/mol. The third-order valence-electron chi connectivity index (χ3n) is 5.29. The monoisotopic (exact) mass is 345 g/mol. The zero-order chi connectivity index (χ0) is 17.8. The maximum atomic E-state index is 12.5. The molecule has 0 aliphatic carbocycles. The highest BCUT2D eigenvalue weighted by Crippen LogP contribution is 2.19. The van der Waals surface area contributed by atoms with Crippen LogP contribution in [0.5, 0.6) is 0 Å². The molecule has 3 rings (SSSR count). The van der Waals surface area contributed by atoms with Gasteiger partial charge in [0, 0.05) is 31.9 Å². The average Bonchev–Trinajstić information content (AvgIpc) is 2.62. The molecule has 0 radical (unpaired) electrons. The Labute approximate surface area is 149 Å². The van der Waals surface area contributed by atoms with Crippen LogP contribution in [-0.2, 0) is 9.59 Å². The van der Waals surface area contributed by atoms with Gasteiger partial charge in [0.15, 0.2) is 0 Å². The highest BCUT2D eigenvalue weighted by atomic mass is 16.4. The lowest BCUT2D eigenvalue weighted by Crippen LogP contribution is -2.52. The summed E-state index contributed by atoms with van der Waals surface area (Å²) in [6.07, 6.45) is 1.29. The molecular formula is C19H27N3O3. The maximum absolute atomic E-state index is 12.5. The van der Waals surface area contributed by atoms with Gasteiger partial charge in [-0.2, -0.15) is 0 Å². The Kier molecular flexibility index (Phi) is 5.58. The maximum Gasteiger partial charge on any atom is 0.306 e. The molecule has 0 atom stereocenters. The molecule has 1 aromatic carbocycles. The molecule has 6 nitrogen and oxygen atoms in total. The summed E-state index contributed by atoms with van der Waals surface area (Å²) >= 11 is 0. The van der Waals surface area contributed by atoms with Crippen molar-refractivity contribution < 1.29 is 14.7 Å². The van der Waals surface area contributed by atoms with Crippen LogP contribution in [0.25, 0.3) is 0 Å². The number of hydrogen-bond donors (Lipinski definition) is 1. The van der Waals surface area contributed by atoms with Crippen LogP contribution in [0.15, 0.2) is 24.3 Å². The molecule has 0 spiro atoms. The van der Waals surface area contributed by atoms with Crippen molar-refractivity contribution in [1.29, 1.82) is 0 Å². The van der Waals surface area contributed by atoms with Gasteiger partial charge in [-0.25, -0.2) is 0 Å². The number of aryl methyl sites for hydroxylation is 1. The molecule has 0 saturated carbocycles. The van der Waals surface area contributed by atoms with Gasteiger partial charge in [-0.05, 0) is 50.6 Å². The Morgan fingerprint density at radius 2 is 1.76 bits per heavy atom. The Balaban J connectivity index is 1.45. The van der Waals surface area contributed by atoms with E-state index in [2.05, 4.69) is 41.0 Å². The topological polar surface area (TPSA) is 64.1 Å². The van der Waals surface area contributed by atoms with E-state index in [9.17, 15) is 9.59 Å². The molecule has 0 aromatic heterocycles. The third-order valence-corrected chi connectivity index (χ3v) is 5.29. The van der Waals surface area contributed by atoms with Crippen molar-refractivity contribution in [2.24, 2.45) is 5.92 Å². The largest absolute Gasteiger partial charge is 0.481 e. The zero-order valence-electron chi connectivity index (χ0n) is 14.9. The summed E-state index contributed by atoms with van der Waals surface area (Å²) in [6, 6.07) is 8.47. The first-order chi connectivity index (χ1) is 12.0. The van der Waals surface area contributed by atoms with Crippen LogP contribution in [0.1, 0.15) is 18.4 Å². The van der Waals surface area contributed by atoms with E-state index in [1.165, 1.54) is 11.3 Å². The van der Waals surface area contributed by atoms with Gasteiger partial charge in [0.05, 0.1) is 12.5 Å². The van der Waals surface area contributed by atoms with Crippen molar-refractivity contribution in [3.05, 3.63) is 29.8 Å². The normalized spacial score (nSPS) is 19.9. The van der Waals surface area contributed by atoms with Gasteiger partial charge < -0.3 is 14.9 Å². The Hall–Kier alpha value is -2.08. The first kappa shape index (κ1) is 17.7. The Bertz CT molecular complexity index is 618. The van der Waals surface area contributed by atoms with Crippen molar-refractivity contribution in [3.63, 3.8) is 0 Å². The van der Waals surface area contributed by atoms with Crippen LogP contribution in [-0.4, -0.2) is 72.6 Å². The highest BCUT2D eigenvalue weighted by Gasteiger charge is 2.27. The molecule has 1 aromatic rings. The van der Waals surface area contributed by atoms with E-state index in [0.717, 1.165) is 26.2 Å². The van der Waals surface area contributed by atoms with E-state index in [-0.39, 0.29) is 11.8 Å². The smallest absolute Gasteiger partial charge is 0.306 e. The number of carboxylic acids is 1. The van der Waals surface area contributed by atoms with E-state index < -0.39 is 5.97 Å². The minimum atomic E-state index is -0.710. The van der Waals surface area contributed by atoms with Crippen LogP contribution in [0, 0.1) is 12.8 Å². The van der Waals surface area contributed by atoms with Crippen molar-refractivity contribution >= 4 is 17.6 Å². The number of hydrogen-bond acceptors (Lipinski definition) is 4. The predicted octanol–water partition coefficient (Wildman–Crippen LogP) is 1.44. The van der Waals surface area contributed by atoms with E-state index in [1.54, 1.807) is 0 Å². The molecule has 1 N–H and O–H groups in total. The van der Waals surface area contributed by atoms with Gasteiger partial charge in [0.2, 0.25) is 5.91 Å². The molecule has 0 bridgehead atoms. The Morgan fingerprint density at radius 1 is 1.08 bits per heavy atom. The van der Waals surface area contributed by atoms with Gasteiger partial charge in [0.25, 0.3) is 0 Å². The van der Waals surface area contributed by atoms with Crippen molar-refractivity contribution in [2.45, 2.75) is 19.8 Å². The second kappa shape index (κ2) is 7.87. The summed E-state index contributed by atoms with van der Waals surface area (Å²) < 4.78 is 0. The quantitative estimate of drug-likeness (QED) is 0.895. The van der Waals surface area contributed by atoms with Crippen molar-refractivity contribution in [1.82, 2.24) is 9.80 Å². The lowest BCUT2D eigenvalue weighted by molar-refractivity contribution is -0.143. The van der Waals surface area contributed by atoms with Gasteiger partial charge >= 0.3 is 5.97 Å². The minimum absolute atomic E-state index is 0.165. The second-order valence-corrected chi connectivity index (χ2v) is 7.10. The SMILES string of the molecule is Cc1cccc(N2CCN(C(=O)CN3CCC(C(=O)O)CC3)CC2)c1. The number of anilines is 1. The summed E-state index contributed by atoms with van der Waals surface area (Å²) in [5.74, 6) is -0.792. The fourth-order valence-electron chi connectivity index (χ4n) is 3.67. The molecule has 136 valence electrons. The molecule has 2 aliphatic rings. The first-order valence-electron chi connectivity index (χ1n) is 9.07. The first-order valence-corrected chi connectivity index (χ1v) is 9.07. The Morgan fingerprint density at radius 3 is 2.36 bits per heavy atom. The number of nitrogens with zero attached hydrogens (tertiary/aromatic N) is 3. The molecule has 25 heavy (non-hydrogen) atoms. The number of rotatable bonds is 4. The number of likely N-dealkylation sites (tertiary alicyclic amines) is 1. The van der Waals surface area contributed by atoms with E-state index >= 15 is 0 Å². The average molecular weight is 345 g/mol. The minimum Gasteiger partial charge on any atom is -0.481 e. The third kappa shape index (κ3) is 4.51. The summed E-state index contributed by atoms with van der Waals surface area (Å²) in [7, 11) is 0. The standard InChI is InChI=1S/C19H27N3O3/c1-15-3-2-4-17(13-15)21-9-11-22(12-10-21)18(23)14-20-7-5-16(6-8-20)19(24)25/h2-4,13,16H,5-12,14H2,1H3,(H,24,25). The van der Waals surface area contributed by atoms with Gasteiger partial charge in [-0.3, -0.25) is 14.5 Å². The molecule has 2 saturated heterocycles. The number of carbonyl (C=O) groups is 2. The molecule has 1 amide bonds. The molecular weight excluding hydrogens is 318 g/mol. The number of aliphatic carboxylic acids is 1. The summed E-state index contributed by atoms with van der Waals surface area (Å²) in [5, 5.41) is 9.05. The summed E-state index contributed by atoms with van der Waals surface area (Å²) in [6.45, 7) is 7.12. The van der Waals surface area contributed by atoms with Crippen LogP contribution >= 0.6 is 0 Å².